The predicted octanol–water partition coefficient (Wildman–Crippen LogP) is 1.01. The lowest BCUT2D eigenvalue weighted by atomic mass is 9.91. The third-order valence-electron chi connectivity index (χ3n) is 6.38. The molecular weight excluding hydrogens is 328 g/mol. The van der Waals surface area contributed by atoms with Crippen LogP contribution in [-0.2, 0) is 17.8 Å². The van der Waals surface area contributed by atoms with Crippen LogP contribution >= 0.6 is 0 Å². The molecule has 7 heteroatoms. The van der Waals surface area contributed by atoms with Gasteiger partial charge < -0.3 is 9.88 Å². The van der Waals surface area contributed by atoms with Crippen molar-refractivity contribution in [2.75, 3.05) is 39.3 Å². The quantitative estimate of drug-likeness (QED) is 0.891. The van der Waals surface area contributed by atoms with Crippen LogP contribution in [0.5, 0.6) is 0 Å². The molecular formula is C19H26N6O. The zero-order valence-electron chi connectivity index (χ0n) is 15.2. The Morgan fingerprint density at radius 1 is 1.12 bits per heavy atom. The second kappa shape index (κ2) is 6.63. The molecule has 2 aromatic heterocycles. The molecule has 3 aliphatic rings. The number of aromatic nitrogens is 3. The van der Waals surface area contributed by atoms with E-state index in [0.717, 1.165) is 57.2 Å². The molecule has 138 valence electrons. The van der Waals surface area contributed by atoms with Crippen LogP contribution in [0.1, 0.15) is 30.5 Å². The summed E-state index contributed by atoms with van der Waals surface area (Å²) >= 11 is 0. The molecule has 1 N–H and O–H groups in total. The van der Waals surface area contributed by atoms with Gasteiger partial charge in [-0.3, -0.25) is 14.6 Å². The molecule has 0 unspecified atom stereocenters. The van der Waals surface area contributed by atoms with Crippen molar-refractivity contribution in [2.45, 2.75) is 38.3 Å². The molecule has 2 aromatic rings. The maximum Gasteiger partial charge on any atom is 0.236 e. The number of nitrogens with one attached hydrogen (secondary N) is 1. The van der Waals surface area contributed by atoms with E-state index < -0.39 is 0 Å². The standard InChI is InChI=1S/C19H26N6O/c26-19(25-8-6-24(7-9-25)14-2-1-3-14)13-23-5-4-15-16-10-20-21-11-17(16)22-18(15)12-23/h10-11,14,22H,1-9,12-13H2. The molecule has 1 amide bonds. The second-order valence-corrected chi connectivity index (χ2v) is 7.86. The van der Waals surface area contributed by atoms with Crippen molar-refractivity contribution in [1.82, 2.24) is 29.9 Å². The molecule has 4 heterocycles. The van der Waals surface area contributed by atoms with Crippen LogP contribution in [0.4, 0.5) is 0 Å². The Bertz CT molecular complexity index is 805. The van der Waals surface area contributed by atoms with Crippen molar-refractivity contribution >= 4 is 16.8 Å². The van der Waals surface area contributed by atoms with Crippen LogP contribution in [0.3, 0.4) is 0 Å². The summed E-state index contributed by atoms with van der Waals surface area (Å²) in [6.45, 7) is 6.12. The fourth-order valence-corrected chi connectivity index (χ4v) is 4.57. The Hall–Kier alpha value is -1.99. The van der Waals surface area contributed by atoms with E-state index in [1.165, 1.54) is 35.9 Å². The number of aromatic amines is 1. The number of amides is 1. The van der Waals surface area contributed by atoms with Crippen LogP contribution in [0, 0.1) is 0 Å². The predicted molar refractivity (Wildman–Crippen MR) is 98.7 cm³/mol. The molecule has 0 aromatic carbocycles. The molecule has 1 saturated heterocycles. The number of carbonyl (C=O) groups is 1. The summed E-state index contributed by atoms with van der Waals surface area (Å²) in [6.07, 6.45) is 8.65. The average molecular weight is 354 g/mol. The van der Waals surface area contributed by atoms with Gasteiger partial charge in [-0.05, 0) is 24.8 Å². The lowest BCUT2D eigenvalue weighted by Crippen LogP contribution is -2.55. The van der Waals surface area contributed by atoms with Crippen molar-refractivity contribution < 1.29 is 4.79 Å². The van der Waals surface area contributed by atoms with Crippen molar-refractivity contribution in [3.63, 3.8) is 0 Å². The lowest BCUT2D eigenvalue weighted by molar-refractivity contribution is -0.135. The summed E-state index contributed by atoms with van der Waals surface area (Å²) in [5.74, 6) is 0.279. The van der Waals surface area contributed by atoms with E-state index in [-0.39, 0.29) is 5.91 Å². The number of rotatable bonds is 3. The van der Waals surface area contributed by atoms with Crippen LogP contribution in [0.2, 0.25) is 0 Å². The van der Waals surface area contributed by atoms with E-state index in [9.17, 15) is 4.79 Å². The van der Waals surface area contributed by atoms with Gasteiger partial charge in [-0.25, -0.2) is 0 Å². The van der Waals surface area contributed by atoms with Crippen molar-refractivity contribution in [1.29, 1.82) is 0 Å². The van der Waals surface area contributed by atoms with Gasteiger partial charge in [0.1, 0.15) is 0 Å². The van der Waals surface area contributed by atoms with Crippen molar-refractivity contribution in [3.8, 4) is 0 Å². The van der Waals surface area contributed by atoms with E-state index in [1.807, 2.05) is 6.20 Å². The molecule has 0 spiro atoms. The van der Waals surface area contributed by atoms with Crippen LogP contribution in [0.15, 0.2) is 12.4 Å². The Morgan fingerprint density at radius 3 is 2.69 bits per heavy atom. The highest BCUT2D eigenvalue weighted by Gasteiger charge is 2.30. The van der Waals surface area contributed by atoms with Gasteiger partial charge in [0.2, 0.25) is 5.91 Å². The van der Waals surface area contributed by atoms with Crippen molar-refractivity contribution in [2.24, 2.45) is 0 Å². The molecule has 1 saturated carbocycles. The maximum absolute atomic E-state index is 12.7. The molecule has 0 radical (unpaired) electrons. The topological polar surface area (TPSA) is 68.4 Å². The van der Waals surface area contributed by atoms with E-state index in [0.29, 0.717) is 6.54 Å². The Labute approximate surface area is 153 Å². The number of nitrogens with zero attached hydrogens (tertiary/aromatic N) is 5. The van der Waals surface area contributed by atoms with Gasteiger partial charge in [0, 0.05) is 56.4 Å². The fraction of sp³-hybridized carbons (Fsp3) is 0.632. The monoisotopic (exact) mass is 354 g/mol. The Kier molecular flexibility index (Phi) is 4.13. The largest absolute Gasteiger partial charge is 0.356 e. The highest BCUT2D eigenvalue weighted by atomic mass is 16.2. The maximum atomic E-state index is 12.7. The summed E-state index contributed by atoms with van der Waals surface area (Å²) in [4.78, 5) is 23.1. The number of fused-ring (bicyclic) bond motifs is 3. The minimum absolute atomic E-state index is 0.279. The van der Waals surface area contributed by atoms with Crippen LogP contribution in [0.25, 0.3) is 10.9 Å². The minimum Gasteiger partial charge on any atom is -0.356 e. The van der Waals surface area contributed by atoms with E-state index >= 15 is 0 Å². The highest BCUT2D eigenvalue weighted by Crippen LogP contribution is 2.27. The molecule has 26 heavy (non-hydrogen) atoms. The normalized spacial score (nSPS) is 22.4. The number of hydrogen-bond donors (Lipinski definition) is 1. The first-order valence-electron chi connectivity index (χ1n) is 9.82. The second-order valence-electron chi connectivity index (χ2n) is 7.86. The number of H-pyrrole nitrogens is 1. The first kappa shape index (κ1) is 16.2. The molecule has 1 aliphatic carbocycles. The van der Waals surface area contributed by atoms with Crippen molar-refractivity contribution in [3.05, 3.63) is 23.7 Å². The average Bonchev–Trinajstić information content (AvgIpc) is 2.98. The smallest absolute Gasteiger partial charge is 0.236 e. The molecule has 2 aliphatic heterocycles. The van der Waals surface area contributed by atoms with Gasteiger partial charge in [0.05, 0.1) is 24.5 Å². The van der Waals surface area contributed by atoms with Gasteiger partial charge in [0.15, 0.2) is 0 Å². The summed E-state index contributed by atoms with van der Waals surface area (Å²) in [5.41, 5.74) is 3.60. The van der Waals surface area contributed by atoms with E-state index in [2.05, 4.69) is 29.9 Å². The van der Waals surface area contributed by atoms with Gasteiger partial charge in [-0.2, -0.15) is 10.2 Å². The van der Waals surface area contributed by atoms with Gasteiger partial charge in [-0.15, -0.1) is 0 Å². The van der Waals surface area contributed by atoms with Gasteiger partial charge in [-0.1, -0.05) is 6.42 Å². The number of carbonyl (C=O) groups excluding carboxylic acids is 1. The molecule has 2 fully saturated rings. The van der Waals surface area contributed by atoms with Crippen LogP contribution < -0.4 is 0 Å². The first-order chi connectivity index (χ1) is 12.8. The van der Waals surface area contributed by atoms with E-state index in [1.54, 1.807) is 6.20 Å². The Balaban J connectivity index is 1.19. The zero-order valence-corrected chi connectivity index (χ0v) is 15.2. The molecule has 5 rings (SSSR count). The highest BCUT2D eigenvalue weighted by molar-refractivity contribution is 5.83. The molecule has 7 nitrogen and oxygen atoms in total. The number of piperazine rings is 1. The SMILES string of the molecule is O=C(CN1CCc2c([nH]c3cnncc23)C1)N1CCN(C2CCC2)CC1. The summed E-state index contributed by atoms with van der Waals surface area (Å²) < 4.78 is 0. The molecule has 0 bridgehead atoms. The fourth-order valence-electron chi connectivity index (χ4n) is 4.57. The molecule has 0 atom stereocenters. The summed E-state index contributed by atoms with van der Waals surface area (Å²) in [7, 11) is 0. The number of hydrogen-bond acceptors (Lipinski definition) is 5. The first-order valence-corrected chi connectivity index (χ1v) is 9.82. The minimum atomic E-state index is 0.279. The van der Waals surface area contributed by atoms with Gasteiger partial charge >= 0.3 is 0 Å². The Morgan fingerprint density at radius 2 is 1.92 bits per heavy atom. The zero-order chi connectivity index (χ0) is 17.5. The van der Waals surface area contributed by atoms with Gasteiger partial charge in [0.25, 0.3) is 0 Å². The lowest BCUT2D eigenvalue weighted by Gasteiger charge is -2.43. The third kappa shape index (κ3) is 2.89. The van der Waals surface area contributed by atoms with Crippen LogP contribution in [-0.4, -0.2) is 81.1 Å². The third-order valence-corrected chi connectivity index (χ3v) is 6.38. The van der Waals surface area contributed by atoms with E-state index in [4.69, 9.17) is 0 Å². The summed E-state index contributed by atoms with van der Waals surface area (Å²) in [6, 6.07) is 0.791. The summed E-state index contributed by atoms with van der Waals surface area (Å²) in [5, 5.41) is 9.13.